The van der Waals surface area contributed by atoms with E-state index >= 15 is 0 Å². The lowest BCUT2D eigenvalue weighted by atomic mass is 10.0. The summed E-state index contributed by atoms with van der Waals surface area (Å²) in [5.74, 6) is 0.383. The summed E-state index contributed by atoms with van der Waals surface area (Å²) in [5.41, 5.74) is 7.24. The zero-order chi connectivity index (χ0) is 20.4. The molecule has 0 bridgehead atoms. The Morgan fingerprint density at radius 1 is 1.21 bits per heavy atom. The SMILES string of the molecule is C=CCn1c(C(=O)Nc2c(C)cccc2CC)c(C)c2cc(C(C)C)ccc21. The summed E-state index contributed by atoms with van der Waals surface area (Å²) in [6, 6.07) is 12.7. The first-order valence-corrected chi connectivity index (χ1v) is 10.0. The minimum atomic E-state index is -0.0642. The molecule has 0 aliphatic carbocycles. The molecule has 3 aromatic rings. The van der Waals surface area contributed by atoms with E-state index in [9.17, 15) is 4.79 Å². The van der Waals surface area contributed by atoms with Crippen molar-refractivity contribution < 1.29 is 4.79 Å². The fourth-order valence-electron chi connectivity index (χ4n) is 3.89. The number of nitrogens with zero attached hydrogens (tertiary/aromatic N) is 1. The zero-order valence-electron chi connectivity index (χ0n) is 17.6. The number of aromatic nitrogens is 1. The molecule has 0 saturated heterocycles. The summed E-state index contributed by atoms with van der Waals surface area (Å²) in [4.78, 5) is 13.4. The molecule has 2 aromatic carbocycles. The molecule has 28 heavy (non-hydrogen) atoms. The van der Waals surface area contributed by atoms with Gasteiger partial charge in [0.25, 0.3) is 5.91 Å². The van der Waals surface area contributed by atoms with E-state index in [2.05, 4.69) is 61.5 Å². The van der Waals surface area contributed by atoms with Crippen molar-refractivity contribution in [3.8, 4) is 0 Å². The predicted molar refractivity (Wildman–Crippen MR) is 119 cm³/mol. The van der Waals surface area contributed by atoms with Crippen LogP contribution in [-0.4, -0.2) is 10.5 Å². The van der Waals surface area contributed by atoms with Crippen LogP contribution in [0.15, 0.2) is 49.1 Å². The molecule has 3 heteroatoms. The molecule has 0 unspecified atom stereocenters. The van der Waals surface area contributed by atoms with E-state index in [0.717, 1.165) is 39.7 Å². The second kappa shape index (κ2) is 8.05. The minimum Gasteiger partial charge on any atom is -0.332 e. The van der Waals surface area contributed by atoms with Crippen LogP contribution in [0.1, 0.15) is 59.4 Å². The number of amides is 1. The maximum absolute atomic E-state index is 13.4. The second-order valence-electron chi connectivity index (χ2n) is 7.72. The number of aryl methyl sites for hydroxylation is 3. The standard InChI is InChI=1S/C25H30N2O/c1-7-14-27-22-13-12-20(16(3)4)15-21(22)18(6)24(27)25(28)26-23-17(5)10-9-11-19(23)8-2/h7,9-13,15-16H,1,8,14H2,2-6H3,(H,26,28). The first-order valence-electron chi connectivity index (χ1n) is 10.0. The molecular formula is C25H30N2O. The number of carbonyl (C=O) groups excluding carboxylic acids is 1. The molecule has 0 radical (unpaired) electrons. The number of nitrogens with one attached hydrogen (secondary N) is 1. The monoisotopic (exact) mass is 374 g/mol. The average Bonchev–Trinajstić information content (AvgIpc) is 2.95. The Bertz CT molecular complexity index is 1040. The second-order valence-corrected chi connectivity index (χ2v) is 7.72. The highest BCUT2D eigenvalue weighted by Crippen LogP contribution is 2.30. The van der Waals surface area contributed by atoms with Crippen LogP contribution < -0.4 is 5.32 Å². The van der Waals surface area contributed by atoms with Gasteiger partial charge in [0.2, 0.25) is 0 Å². The quantitative estimate of drug-likeness (QED) is 0.499. The zero-order valence-corrected chi connectivity index (χ0v) is 17.6. The fraction of sp³-hybridized carbons (Fsp3) is 0.320. The smallest absolute Gasteiger partial charge is 0.272 e. The number of para-hydroxylation sites is 1. The van der Waals surface area contributed by atoms with Gasteiger partial charge in [0.1, 0.15) is 5.69 Å². The number of hydrogen-bond acceptors (Lipinski definition) is 1. The summed E-state index contributed by atoms with van der Waals surface area (Å²) >= 11 is 0. The lowest BCUT2D eigenvalue weighted by Gasteiger charge is -2.15. The maximum Gasteiger partial charge on any atom is 0.272 e. The lowest BCUT2D eigenvalue weighted by molar-refractivity contribution is 0.101. The third kappa shape index (κ3) is 3.49. The molecule has 3 rings (SSSR count). The van der Waals surface area contributed by atoms with Crippen molar-refractivity contribution in [3.63, 3.8) is 0 Å². The van der Waals surface area contributed by atoms with Gasteiger partial charge in [-0.1, -0.05) is 51.1 Å². The number of benzene rings is 2. The molecule has 0 saturated carbocycles. The summed E-state index contributed by atoms with van der Waals surface area (Å²) in [6.07, 6.45) is 2.72. The molecular weight excluding hydrogens is 344 g/mol. The minimum absolute atomic E-state index is 0.0642. The Morgan fingerprint density at radius 3 is 2.61 bits per heavy atom. The predicted octanol–water partition coefficient (Wildman–Crippen LogP) is 6.38. The lowest BCUT2D eigenvalue weighted by Crippen LogP contribution is -2.19. The average molecular weight is 375 g/mol. The number of hydrogen-bond donors (Lipinski definition) is 1. The van der Waals surface area contributed by atoms with E-state index in [1.165, 1.54) is 5.56 Å². The first kappa shape index (κ1) is 19.9. The number of fused-ring (bicyclic) bond motifs is 1. The highest BCUT2D eigenvalue weighted by molar-refractivity contribution is 6.09. The van der Waals surface area contributed by atoms with Crippen LogP contribution in [0.5, 0.6) is 0 Å². The molecule has 1 aromatic heterocycles. The highest BCUT2D eigenvalue weighted by Gasteiger charge is 2.21. The Labute approximate surface area is 168 Å². The summed E-state index contributed by atoms with van der Waals surface area (Å²) < 4.78 is 2.07. The van der Waals surface area contributed by atoms with Crippen molar-refractivity contribution in [1.82, 2.24) is 4.57 Å². The van der Waals surface area contributed by atoms with Gasteiger partial charge in [-0.2, -0.15) is 0 Å². The molecule has 1 heterocycles. The molecule has 0 atom stereocenters. The van der Waals surface area contributed by atoms with Gasteiger partial charge in [-0.3, -0.25) is 4.79 Å². The Hall–Kier alpha value is -2.81. The summed E-state index contributed by atoms with van der Waals surface area (Å²) in [5, 5.41) is 4.33. The van der Waals surface area contributed by atoms with E-state index in [4.69, 9.17) is 0 Å². The molecule has 1 N–H and O–H groups in total. The molecule has 0 aliphatic heterocycles. The van der Waals surface area contributed by atoms with E-state index in [0.29, 0.717) is 18.2 Å². The Morgan fingerprint density at radius 2 is 1.96 bits per heavy atom. The van der Waals surface area contributed by atoms with Gasteiger partial charge in [0, 0.05) is 23.1 Å². The van der Waals surface area contributed by atoms with E-state index in [1.807, 2.05) is 32.1 Å². The Balaban J connectivity index is 2.14. The van der Waals surface area contributed by atoms with Crippen LogP contribution in [0, 0.1) is 13.8 Å². The van der Waals surface area contributed by atoms with Crippen LogP contribution in [0.4, 0.5) is 5.69 Å². The maximum atomic E-state index is 13.4. The van der Waals surface area contributed by atoms with Gasteiger partial charge in [-0.25, -0.2) is 0 Å². The normalized spacial score (nSPS) is 11.2. The number of rotatable bonds is 6. The molecule has 3 nitrogen and oxygen atoms in total. The third-order valence-corrected chi connectivity index (χ3v) is 5.51. The first-order chi connectivity index (χ1) is 13.4. The molecule has 0 spiro atoms. The molecule has 1 amide bonds. The van der Waals surface area contributed by atoms with Crippen LogP contribution in [0.25, 0.3) is 10.9 Å². The van der Waals surface area contributed by atoms with Gasteiger partial charge in [0.05, 0.1) is 0 Å². The van der Waals surface area contributed by atoms with Gasteiger partial charge >= 0.3 is 0 Å². The number of carbonyl (C=O) groups is 1. The van der Waals surface area contributed by atoms with Crippen LogP contribution >= 0.6 is 0 Å². The van der Waals surface area contributed by atoms with Gasteiger partial charge in [0.15, 0.2) is 0 Å². The highest BCUT2D eigenvalue weighted by atomic mass is 16.2. The van der Waals surface area contributed by atoms with Crippen molar-refractivity contribution in [1.29, 1.82) is 0 Å². The van der Waals surface area contributed by atoms with Crippen molar-refractivity contribution in [2.45, 2.75) is 53.5 Å². The van der Waals surface area contributed by atoms with E-state index in [1.54, 1.807) is 0 Å². The third-order valence-electron chi connectivity index (χ3n) is 5.51. The van der Waals surface area contributed by atoms with Crippen LogP contribution in [-0.2, 0) is 13.0 Å². The van der Waals surface area contributed by atoms with Crippen molar-refractivity contribution >= 4 is 22.5 Å². The summed E-state index contributed by atoms with van der Waals surface area (Å²) in [7, 11) is 0. The van der Waals surface area contributed by atoms with Gasteiger partial charge in [-0.05, 0) is 60.6 Å². The molecule has 146 valence electrons. The molecule has 0 aliphatic rings. The van der Waals surface area contributed by atoms with Crippen molar-refractivity contribution in [2.75, 3.05) is 5.32 Å². The van der Waals surface area contributed by atoms with Gasteiger partial charge < -0.3 is 9.88 Å². The molecule has 0 fully saturated rings. The van der Waals surface area contributed by atoms with Crippen molar-refractivity contribution in [3.05, 3.63) is 77.0 Å². The largest absolute Gasteiger partial charge is 0.332 e. The van der Waals surface area contributed by atoms with Crippen molar-refractivity contribution in [2.24, 2.45) is 0 Å². The topological polar surface area (TPSA) is 34.0 Å². The fourth-order valence-corrected chi connectivity index (χ4v) is 3.89. The van der Waals surface area contributed by atoms with E-state index in [-0.39, 0.29) is 5.91 Å². The summed E-state index contributed by atoms with van der Waals surface area (Å²) in [6.45, 7) is 15.1. The van der Waals surface area contributed by atoms with Crippen LogP contribution in [0.2, 0.25) is 0 Å². The number of allylic oxidation sites excluding steroid dienone is 1. The number of anilines is 1. The van der Waals surface area contributed by atoms with Crippen LogP contribution in [0.3, 0.4) is 0 Å². The Kier molecular flexibility index (Phi) is 5.73. The van der Waals surface area contributed by atoms with Gasteiger partial charge in [-0.15, -0.1) is 6.58 Å². The van der Waals surface area contributed by atoms with E-state index < -0.39 is 0 Å².